The number of hydrogen-bond donors (Lipinski definition) is 2. The highest BCUT2D eigenvalue weighted by Crippen LogP contribution is 2.34. The minimum Gasteiger partial charge on any atom is -0.452 e. The summed E-state index contributed by atoms with van der Waals surface area (Å²) in [7, 11) is 0. The highest BCUT2D eigenvalue weighted by molar-refractivity contribution is 9.10. The molecule has 20 heavy (non-hydrogen) atoms. The lowest BCUT2D eigenvalue weighted by Gasteiger charge is -2.16. The molecule has 8 heteroatoms. The Hall–Kier alpha value is -1.38. The SMILES string of the molecule is NNC(c1ccc(F)c(C(F)(F)F)c1)c1ccc(Br)o1. The fourth-order valence-corrected chi connectivity index (χ4v) is 2.08. The summed E-state index contributed by atoms with van der Waals surface area (Å²) in [6.45, 7) is 0. The first-order valence-corrected chi connectivity index (χ1v) is 6.20. The van der Waals surface area contributed by atoms with Gasteiger partial charge in [0.2, 0.25) is 0 Å². The maximum atomic E-state index is 13.2. The number of nitrogens with two attached hydrogens (primary N) is 1. The maximum Gasteiger partial charge on any atom is 0.419 e. The summed E-state index contributed by atoms with van der Waals surface area (Å²) >= 11 is 3.08. The first kappa shape index (κ1) is 15.0. The van der Waals surface area contributed by atoms with Crippen molar-refractivity contribution in [3.8, 4) is 0 Å². The van der Waals surface area contributed by atoms with Gasteiger partial charge in [-0.25, -0.2) is 9.82 Å². The van der Waals surface area contributed by atoms with Crippen molar-refractivity contribution >= 4 is 15.9 Å². The van der Waals surface area contributed by atoms with Crippen LogP contribution in [0.4, 0.5) is 17.6 Å². The molecule has 1 aromatic carbocycles. The molecule has 1 heterocycles. The van der Waals surface area contributed by atoms with Gasteiger partial charge in [0.1, 0.15) is 17.6 Å². The van der Waals surface area contributed by atoms with Crippen LogP contribution in [0, 0.1) is 5.82 Å². The Labute approximate surface area is 119 Å². The first-order chi connectivity index (χ1) is 9.32. The van der Waals surface area contributed by atoms with Gasteiger partial charge in [0, 0.05) is 0 Å². The third-order valence-electron chi connectivity index (χ3n) is 2.67. The van der Waals surface area contributed by atoms with Gasteiger partial charge in [0.15, 0.2) is 4.67 Å². The van der Waals surface area contributed by atoms with Crippen LogP contribution < -0.4 is 11.3 Å². The molecule has 0 saturated heterocycles. The topological polar surface area (TPSA) is 51.2 Å². The molecule has 0 fully saturated rings. The maximum absolute atomic E-state index is 13.2. The molecule has 2 aromatic rings. The molecule has 0 aliphatic carbocycles. The van der Waals surface area contributed by atoms with Crippen LogP contribution in [-0.2, 0) is 6.18 Å². The summed E-state index contributed by atoms with van der Waals surface area (Å²) in [6, 6.07) is 4.98. The highest BCUT2D eigenvalue weighted by Gasteiger charge is 2.35. The normalized spacial score (nSPS) is 13.5. The number of benzene rings is 1. The molecular formula is C12H9BrF4N2O. The molecule has 0 bridgehead atoms. The molecule has 0 spiro atoms. The van der Waals surface area contributed by atoms with Gasteiger partial charge in [-0.1, -0.05) is 6.07 Å². The number of nitrogens with one attached hydrogen (secondary N) is 1. The van der Waals surface area contributed by atoms with Crippen molar-refractivity contribution in [3.63, 3.8) is 0 Å². The summed E-state index contributed by atoms with van der Waals surface area (Å²) in [5, 5.41) is 0. The van der Waals surface area contributed by atoms with Gasteiger partial charge < -0.3 is 4.42 Å². The minimum atomic E-state index is -4.77. The van der Waals surface area contributed by atoms with Crippen LogP contribution in [0.2, 0.25) is 0 Å². The van der Waals surface area contributed by atoms with Gasteiger partial charge in [-0.15, -0.1) is 0 Å². The fourth-order valence-electron chi connectivity index (χ4n) is 1.77. The van der Waals surface area contributed by atoms with E-state index in [1.807, 2.05) is 0 Å². The lowest BCUT2D eigenvalue weighted by Crippen LogP contribution is -2.29. The second-order valence-electron chi connectivity index (χ2n) is 3.98. The van der Waals surface area contributed by atoms with E-state index < -0.39 is 23.6 Å². The van der Waals surface area contributed by atoms with E-state index in [2.05, 4.69) is 21.4 Å². The van der Waals surface area contributed by atoms with Crippen molar-refractivity contribution in [3.05, 3.63) is 57.7 Å². The highest BCUT2D eigenvalue weighted by atomic mass is 79.9. The summed E-state index contributed by atoms with van der Waals surface area (Å²) in [4.78, 5) is 0. The molecule has 0 amide bonds. The number of rotatable bonds is 3. The van der Waals surface area contributed by atoms with Crippen molar-refractivity contribution < 1.29 is 22.0 Å². The summed E-state index contributed by atoms with van der Waals surface area (Å²) in [6.07, 6.45) is -4.77. The number of hydrazine groups is 1. The van der Waals surface area contributed by atoms with Crippen molar-refractivity contribution in [1.82, 2.24) is 5.43 Å². The van der Waals surface area contributed by atoms with Gasteiger partial charge in [0.05, 0.1) is 5.56 Å². The van der Waals surface area contributed by atoms with Crippen molar-refractivity contribution in [2.45, 2.75) is 12.2 Å². The van der Waals surface area contributed by atoms with Gasteiger partial charge in [-0.2, -0.15) is 13.2 Å². The third-order valence-corrected chi connectivity index (χ3v) is 3.10. The molecule has 0 aliphatic rings. The zero-order valence-electron chi connectivity index (χ0n) is 9.84. The molecule has 3 N–H and O–H groups in total. The average molecular weight is 353 g/mol. The van der Waals surface area contributed by atoms with Crippen LogP contribution in [0.1, 0.15) is 22.9 Å². The Morgan fingerprint density at radius 2 is 1.90 bits per heavy atom. The van der Waals surface area contributed by atoms with Crippen molar-refractivity contribution in [2.75, 3.05) is 0 Å². The second-order valence-corrected chi connectivity index (χ2v) is 4.76. The molecule has 1 unspecified atom stereocenters. The van der Waals surface area contributed by atoms with Crippen LogP contribution in [0.5, 0.6) is 0 Å². The molecular weight excluding hydrogens is 344 g/mol. The number of halogens is 5. The van der Waals surface area contributed by atoms with E-state index in [1.165, 1.54) is 6.07 Å². The molecule has 1 atom stereocenters. The lowest BCUT2D eigenvalue weighted by molar-refractivity contribution is -0.140. The smallest absolute Gasteiger partial charge is 0.419 e. The van der Waals surface area contributed by atoms with Crippen LogP contribution in [0.3, 0.4) is 0 Å². The molecule has 0 saturated carbocycles. The van der Waals surface area contributed by atoms with E-state index in [9.17, 15) is 17.6 Å². The van der Waals surface area contributed by atoms with Crippen LogP contribution in [-0.4, -0.2) is 0 Å². The standard InChI is InChI=1S/C12H9BrF4N2O/c13-10-4-3-9(20-10)11(19-18)6-1-2-8(14)7(5-6)12(15,16)17/h1-5,11,19H,18H2. The van der Waals surface area contributed by atoms with E-state index >= 15 is 0 Å². The average Bonchev–Trinajstić information content (AvgIpc) is 2.77. The quantitative estimate of drug-likeness (QED) is 0.502. The van der Waals surface area contributed by atoms with Gasteiger partial charge >= 0.3 is 6.18 Å². The fraction of sp³-hybridized carbons (Fsp3) is 0.167. The Morgan fingerprint density at radius 1 is 1.20 bits per heavy atom. The van der Waals surface area contributed by atoms with E-state index in [-0.39, 0.29) is 5.56 Å². The van der Waals surface area contributed by atoms with Crippen molar-refractivity contribution in [2.24, 2.45) is 5.84 Å². The third kappa shape index (κ3) is 3.02. The van der Waals surface area contributed by atoms with Crippen LogP contribution in [0.25, 0.3) is 0 Å². The van der Waals surface area contributed by atoms with E-state index in [4.69, 9.17) is 10.3 Å². The number of alkyl halides is 3. The van der Waals surface area contributed by atoms with E-state index in [1.54, 1.807) is 12.1 Å². The molecule has 108 valence electrons. The zero-order chi connectivity index (χ0) is 14.9. The lowest BCUT2D eigenvalue weighted by atomic mass is 10.0. The zero-order valence-corrected chi connectivity index (χ0v) is 11.4. The molecule has 3 nitrogen and oxygen atoms in total. The van der Waals surface area contributed by atoms with Crippen LogP contribution in [0.15, 0.2) is 39.4 Å². The summed E-state index contributed by atoms with van der Waals surface area (Å²) < 4.78 is 56.9. The minimum absolute atomic E-state index is 0.142. The predicted molar refractivity (Wildman–Crippen MR) is 67.0 cm³/mol. The molecule has 0 aliphatic heterocycles. The van der Waals surface area contributed by atoms with E-state index in [0.29, 0.717) is 16.5 Å². The Morgan fingerprint density at radius 3 is 2.40 bits per heavy atom. The summed E-state index contributed by atoms with van der Waals surface area (Å²) in [5.74, 6) is 4.31. The number of furan rings is 1. The Kier molecular flexibility index (Phi) is 4.17. The largest absolute Gasteiger partial charge is 0.452 e. The monoisotopic (exact) mass is 352 g/mol. The summed E-state index contributed by atoms with van der Waals surface area (Å²) in [5.41, 5.74) is 1.14. The Balaban J connectivity index is 2.46. The van der Waals surface area contributed by atoms with Gasteiger partial charge in [0.25, 0.3) is 0 Å². The van der Waals surface area contributed by atoms with Gasteiger partial charge in [-0.05, 0) is 45.8 Å². The van der Waals surface area contributed by atoms with Gasteiger partial charge in [-0.3, -0.25) is 5.84 Å². The van der Waals surface area contributed by atoms with Crippen LogP contribution >= 0.6 is 15.9 Å². The molecule has 0 radical (unpaired) electrons. The predicted octanol–water partition coefficient (Wildman–Crippen LogP) is 3.75. The van der Waals surface area contributed by atoms with Crippen molar-refractivity contribution in [1.29, 1.82) is 0 Å². The number of hydrogen-bond acceptors (Lipinski definition) is 3. The molecule has 1 aromatic heterocycles. The molecule has 2 rings (SSSR count). The Bertz CT molecular complexity index is 612. The first-order valence-electron chi connectivity index (χ1n) is 5.41. The second kappa shape index (κ2) is 5.55. The van der Waals surface area contributed by atoms with E-state index in [0.717, 1.165) is 6.07 Å².